The van der Waals surface area contributed by atoms with Crippen molar-refractivity contribution in [3.8, 4) is 0 Å². The lowest BCUT2D eigenvalue weighted by atomic mass is 10.2. The van der Waals surface area contributed by atoms with E-state index >= 15 is 0 Å². The second-order valence-corrected chi connectivity index (χ2v) is 7.77. The summed E-state index contributed by atoms with van der Waals surface area (Å²) in [5.74, 6) is -1.26. The van der Waals surface area contributed by atoms with E-state index in [1.165, 1.54) is 17.8 Å². The van der Waals surface area contributed by atoms with Gasteiger partial charge in [0, 0.05) is 17.4 Å². The molecule has 1 aromatic heterocycles. The quantitative estimate of drug-likeness (QED) is 0.519. The average Bonchev–Trinajstić information content (AvgIpc) is 2.70. The second-order valence-electron chi connectivity index (χ2n) is 6.44. The van der Waals surface area contributed by atoms with Crippen LogP contribution in [0.2, 0.25) is 0 Å². The lowest BCUT2D eigenvalue weighted by Crippen LogP contribution is -2.23. The van der Waals surface area contributed by atoms with Gasteiger partial charge in [0.1, 0.15) is 5.82 Å². The van der Waals surface area contributed by atoms with Gasteiger partial charge in [-0.2, -0.15) is 15.0 Å². The summed E-state index contributed by atoms with van der Waals surface area (Å²) in [7, 11) is 0. The molecule has 1 amide bonds. The van der Waals surface area contributed by atoms with Crippen molar-refractivity contribution in [1.82, 2.24) is 15.0 Å². The number of rotatable bonds is 7. The van der Waals surface area contributed by atoms with Crippen molar-refractivity contribution in [3.63, 3.8) is 0 Å². The van der Waals surface area contributed by atoms with Crippen LogP contribution in [0, 0.1) is 18.6 Å². The number of amides is 1. The zero-order chi connectivity index (χ0) is 21.7. The van der Waals surface area contributed by atoms with E-state index in [9.17, 15) is 13.6 Å². The number of aromatic nitrogens is 3. The molecule has 0 aliphatic heterocycles. The number of carbonyl (C=O) groups is 1. The van der Waals surface area contributed by atoms with Crippen LogP contribution in [0.1, 0.15) is 18.3 Å². The van der Waals surface area contributed by atoms with Crippen LogP contribution >= 0.6 is 11.8 Å². The van der Waals surface area contributed by atoms with E-state index in [-0.39, 0.29) is 17.5 Å². The summed E-state index contributed by atoms with van der Waals surface area (Å²) in [5, 5.41) is 5.16. The van der Waals surface area contributed by atoms with E-state index < -0.39 is 16.9 Å². The molecule has 0 unspecified atom stereocenters. The van der Waals surface area contributed by atoms with E-state index in [0.29, 0.717) is 17.5 Å². The second kappa shape index (κ2) is 9.49. The van der Waals surface area contributed by atoms with Gasteiger partial charge in [0.15, 0.2) is 11.6 Å². The Morgan fingerprint density at radius 2 is 1.90 bits per heavy atom. The van der Waals surface area contributed by atoms with Gasteiger partial charge in [0.05, 0.1) is 11.0 Å². The van der Waals surface area contributed by atoms with Crippen LogP contribution in [0.15, 0.2) is 42.5 Å². The molecule has 1 atom stereocenters. The SMILES string of the molecule is Cc1ccccc1Nc1nc(N)nc(CS[C@H](C)C(=O)Nc2ccc(F)c(F)c2)n1. The summed E-state index contributed by atoms with van der Waals surface area (Å²) in [6, 6.07) is 10.9. The zero-order valence-corrected chi connectivity index (χ0v) is 17.1. The monoisotopic (exact) mass is 430 g/mol. The molecule has 2 aromatic carbocycles. The number of hydrogen-bond acceptors (Lipinski definition) is 7. The molecule has 3 rings (SSSR count). The van der Waals surface area contributed by atoms with Crippen LogP contribution in [0.4, 0.5) is 32.1 Å². The zero-order valence-electron chi connectivity index (χ0n) is 16.3. The third kappa shape index (κ3) is 5.63. The van der Waals surface area contributed by atoms with Crippen LogP contribution in [-0.4, -0.2) is 26.1 Å². The van der Waals surface area contributed by atoms with Gasteiger partial charge in [-0.05, 0) is 37.6 Å². The van der Waals surface area contributed by atoms with Crippen molar-refractivity contribution >= 4 is 40.9 Å². The number of aryl methyl sites for hydroxylation is 1. The number of nitrogens with two attached hydrogens (primary N) is 1. The molecule has 0 spiro atoms. The number of nitrogens with zero attached hydrogens (tertiary/aromatic N) is 3. The van der Waals surface area contributed by atoms with Crippen LogP contribution in [0.25, 0.3) is 0 Å². The molecular weight excluding hydrogens is 410 g/mol. The summed E-state index contributed by atoms with van der Waals surface area (Å²) >= 11 is 1.28. The fraction of sp³-hybridized carbons (Fsp3) is 0.200. The van der Waals surface area contributed by atoms with E-state index in [0.717, 1.165) is 23.4 Å². The summed E-state index contributed by atoms with van der Waals surface area (Å²) in [6.07, 6.45) is 0. The van der Waals surface area contributed by atoms with Crippen LogP contribution in [-0.2, 0) is 10.5 Å². The molecule has 0 fully saturated rings. The Hall–Kier alpha value is -3.27. The predicted octanol–water partition coefficient (Wildman–Crippen LogP) is 4.04. The molecule has 10 heteroatoms. The Kier molecular flexibility index (Phi) is 6.78. The van der Waals surface area contributed by atoms with Crippen LogP contribution in [0.5, 0.6) is 0 Å². The van der Waals surface area contributed by atoms with Crippen LogP contribution in [0.3, 0.4) is 0 Å². The molecule has 0 aliphatic carbocycles. The molecule has 0 radical (unpaired) electrons. The van der Waals surface area contributed by atoms with Crippen molar-refractivity contribution in [2.45, 2.75) is 24.9 Å². The number of carbonyl (C=O) groups excluding carboxylic acids is 1. The van der Waals surface area contributed by atoms with Gasteiger partial charge in [-0.15, -0.1) is 11.8 Å². The summed E-state index contributed by atoms with van der Waals surface area (Å²) in [5.41, 5.74) is 7.84. The largest absolute Gasteiger partial charge is 0.368 e. The standard InChI is InChI=1S/C20H20F2N6OS/c1-11-5-3-4-6-16(11)25-20-27-17(26-19(23)28-20)10-30-12(2)18(29)24-13-7-8-14(21)15(22)9-13/h3-9,12H,10H2,1-2H3,(H,24,29)(H3,23,25,26,27,28)/t12-/m1/s1. The first-order valence-corrected chi connectivity index (χ1v) is 10.1. The number of anilines is 4. The summed E-state index contributed by atoms with van der Waals surface area (Å²) < 4.78 is 26.3. The number of nitrogens with one attached hydrogen (secondary N) is 2. The Bertz CT molecular complexity index is 1070. The van der Waals surface area contributed by atoms with E-state index in [4.69, 9.17) is 5.73 Å². The molecule has 0 saturated carbocycles. The summed E-state index contributed by atoms with van der Waals surface area (Å²) in [4.78, 5) is 24.9. The van der Waals surface area contributed by atoms with E-state index in [2.05, 4.69) is 25.6 Å². The lowest BCUT2D eigenvalue weighted by Gasteiger charge is -2.13. The Morgan fingerprint density at radius 1 is 1.13 bits per heavy atom. The normalized spacial score (nSPS) is 11.7. The van der Waals surface area contributed by atoms with Gasteiger partial charge < -0.3 is 16.4 Å². The highest BCUT2D eigenvalue weighted by molar-refractivity contribution is 7.99. The topological polar surface area (TPSA) is 106 Å². The smallest absolute Gasteiger partial charge is 0.237 e. The van der Waals surface area contributed by atoms with Gasteiger partial charge in [-0.1, -0.05) is 18.2 Å². The maximum atomic E-state index is 13.3. The number of hydrogen-bond donors (Lipinski definition) is 3. The Labute approximate surface area is 176 Å². The number of nitrogen functional groups attached to an aromatic ring is 1. The van der Waals surface area contributed by atoms with Crippen molar-refractivity contribution in [1.29, 1.82) is 0 Å². The number of benzene rings is 2. The van der Waals surface area contributed by atoms with E-state index in [1.807, 2.05) is 31.2 Å². The number of halogens is 2. The predicted molar refractivity (Wildman–Crippen MR) is 114 cm³/mol. The minimum atomic E-state index is -1.03. The van der Waals surface area contributed by atoms with Crippen molar-refractivity contribution < 1.29 is 13.6 Å². The van der Waals surface area contributed by atoms with Gasteiger partial charge in [-0.25, -0.2) is 8.78 Å². The fourth-order valence-corrected chi connectivity index (χ4v) is 3.22. The molecule has 4 N–H and O–H groups in total. The highest BCUT2D eigenvalue weighted by atomic mass is 32.2. The minimum Gasteiger partial charge on any atom is -0.368 e. The highest BCUT2D eigenvalue weighted by Crippen LogP contribution is 2.21. The molecule has 0 aliphatic rings. The van der Waals surface area contributed by atoms with Crippen molar-refractivity contribution in [3.05, 3.63) is 65.5 Å². The molecule has 30 heavy (non-hydrogen) atoms. The lowest BCUT2D eigenvalue weighted by molar-refractivity contribution is -0.115. The Balaban J connectivity index is 1.61. The highest BCUT2D eigenvalue weighted by Gasteiger charge is 2.16. The summed E-state index contributed by atoms with van der Waals surface area (Å²) in [6.45, 7) is 3.65. The first-order valence-electron chi connectivity index (χ1n) is 9.02. The maximum Gasteiger partial charge on any atom is 0.237 e. The van der Waals surface area contributed by atoms with Crippen LogP contribution < -0.4 is 16.4 Å². The van der Waals surface area contributed by atoms with Gasteiger partial charge in [0.2, 0.25) is 17.8 Å². The number of para-hydroxylation sites is 1. The van der Waals surface area contributed by atoms with Crippen molar-refractivity contribution in [2.24, 2.45) is 0 Å². The third-order valence-corrected chi connectivity index (χ3v) is 5.25. The maximum absolute atomic E-state index is 13.3. The Morgan fingerprint density at radius 3 is 2.63 bits per heavy atom. The van der Waals surface area contributed by atoms with E-state index in [1.54, 1.807) is 6.92 Å². The van der Waals surface area contributed by atoms with Gasteiger partial charge in [0.25, 0.3) is 0 Å². The molecule has 0 saturated heterocycles. The molecule has 156 valence electrons. The molecule has 7 nitrogen and oxygen atoms in total. The van der Waals surface area contributed by atoms with Gasteiger partial charge >= 0.3 is 0 Å². The molecule has 1 heterocycles. The van der Waals surface area contributed by atoms with Crippen molar-refractivity contribution in [2.75, 3.05) is 16.4 Å². The third-order valence-electron chi connectivity index (χ3n) is 4.11. The first kappa shape index (κ1) is 21.4. The van der Waals surface area contributed by atoms with Gasteiger partial charge in [-0.3, -0.25) is 4.79 Å². The minimum absolute atomic E-state index is 0.0653. The average molecular weight is 430 g/mol. The molecule has 0 bridgehead atoms. The fourth-order valence-electron chi connectivity index (χ4n) is 2.49. The first-order chi connectivity index (χ1) is 14.3. The number of thioether (sulfide) groups is 1. The molecular formula is C20H20F2N6OS. The molecule has 3 aromatic rings.